The summed E-state index contributed by atoms with van der Waals surface area (Å²) in [5.41, 5.74) is 2.87. The molecule has 0 spiro atoms. The minimum atomic E-state index is -4.55. The van der Waals surface area contributed by atoms with E-state index in [4.69, 9.17) is 0 Å². The standard InChI is InChI=1S/C19H26O3S/c1-11(2)16-14-9-7-8-10-15(14)19(23(20,21)22)18(13(5)6)17(16)12(3)4/h7-13H,1-6H3,(H,20,21,22)/p-1. The van der Waals surface area contributed by atoms with Crippen LogP contribution < -0.4 is 0 Å². The van der Waals surface area contributed by atoms with E-state index >= 15 is 0 Å². The van der Waals surface area contributed by atoms with E-state index in [1.807, 2.05) is 26.0 Å². The fraction of sp³-hybridized carbons (Fsp3) is 0.474. The van der Waals surface area contributed by atoms with Gasteiger partial charge in [0.05, 0.1) is 4.90 Å². The molecule has 0 aliphatic heterocycles. The van der Waals surface area contributed by atoms with Gasteiger partial charge in [-0.15, -0.1) is 0 Å². The summed E-state index contributed by atoms with van der Waals surface area (Å²) < 4.78 is 36.2. The van der Waals surface area contributed by atoms with Crippen LogP contribution in [0.4, 0.5) is 0 Å². The van der Waals surface area contributed by atoms with Crippen molar-refractivity contribution >= 4 is 20.9 Å². The maximum Gasteiger partial charge on any atom is 0.125 e. The fourth-order valence-electron chi connectivity index (χ4n) is 3.56. The SMILES string of the molecule is CC(C)c1c(C(C)C)c(S(=O)(=O)[O-])c2ccccc2c1C(C)C. The first-order valence-corrected chi connectivity index (χ1v) is 9.52. The Morgan fingerprint density at radius 3 is 1.57 bits per heavy atom. The molecule has 0 saturated heterocycles. The van der Waals surface area contributed by atoms with Crippen molar-refractivity contribution in [1.29, 1.82) is 0 Å². The first kappa shape index (κ1) is 18.0. The minimum Gasteiger partial charge on any atom is -0.744 e. The lowest BCUT2D eigenvalue weighted by Crippen LogP contribution is -2.14. The maximum absolute atomic E-state index is 12.1. The van der Waals surface area contributed by atoms with Crippen LogP contribution in [0.15, 0.2) is 29.2 Å². The molecule has 3 nitrogen and oxygen atoms in total. The van der Waals surface area contributed by atoms with Crippen molar-refractivity contribution < 1.29 is 13.0 Å². The number of fused-ring (bicyclic) bond motifs is 1. The second-order valence-electron chi connectivity index (χ2n) is 7.03. The van der Waals surface area contributed by atoms with Gasteiger partial charge in [0.25, 0.3) is 0 Å². The Bertz CT molecular complexity index is 831. The smallest absolute Gasteiger partial charge is 0.125 e. The lowest BCUT2D eigenvalue weighted by atomic mass is 9.80. The van der Waals surface area contributed by atoms with Gasteiger partial charge in [-0.2, -0.15) is 0 Å². The molecule has 2 aromatic carbocycles. The molecule has 0 heterocycles. The zero-order valence-electron chi connectivity index (χ0n) is 14.7. The topological polar surface area (TPSA) is 57.2 Å². The van der Waals surface area contributed by atoms with E-state index in [0.717, 1.165) is 16.5 Å². The molecule has 23 heavy (non-hydrogen) atoms. The van der Waals surface area contributed by atoms with Crippen LogP contribution in [-0.2, 0) is 10.1 Å². The summed E-state index contributed by atoms with van der Waals surface area (Å²) in [6.45, 7) is 12.3. The van der Waals surface area contributed by atoms with E-state index in [1.54, 1.807) is 12.1 Å². The molecule has 0 aliphatic carbocycles. The van der Waals surface area contributed by atoms with E-state index in [1.165, 1.54) is 0 Å². The average Bonchev–Trinajstić information content (AvgIpc) is 2.42. The molecular weight excluding hydrogens is 308 g/mol. The van der Waals surface area contributed by atoms with Crippen LogP contribution in [0.3, 0.4) is 0 Å². The molecule has 0 unspecified atom stereocenters. The second-order valence-corrected chi connectivity index (χ2v) is 8.35. The van der Waals surface area contributed by atoms with Crippen molar-refractivity contribution in [2.45, 2.75) is 64.2 Å². The predicted octanol–water partition coefficient (Wildman–Crippen LogP) is 5.11. The van der Waals surface area contributed by atoms with Crippen LogP contribution in [-0.4, -0.2) is 13.0 Å². The molecule has 0 N–H and O–H groups in total. The second kappa shape index (κ2) is 6.25. The summed E-state index contributed by atoms with van der Waals surface area (Å²) in [5.74, 6) is 0.362. The van der Waals surface area contributed by atoms with E-state index < -0.39 is 10.1 Å². The number of hydrogen-bond acceptors (Lipinski definition) is 3. The van der Waals surface area contributed by atoms with E-state index in [0.29, 0.717) is 10.9 Å². The highest BCUT2D eigenvalue weighted by molar-refractivity contribution is 7.86. The van der Waals surface area contributed by atoms with Crippen LogP contribution in [0.2, 0.25) is 0 Å². The number of benzene rings is 2. The van der Waals surface area contributed by atoms with E-state index in [9.17, 15) is 13.0 Å². The highest BCUT2D eigenvalue weighted by Crippen LogP contribution is 2.43. The van der Waals surface area contributed by atoms with Gasteiger partial charge < -0.3 is 4.55 Å². The minimum absolute atomic E-state index is 0.0313. The molecule has 0 bridgehead atoms. The van der Waals surface area contributed by atoms with Gasteiger partial charge in [-0.25, -0.2) is 8.42 Å². The normalized spacial score (nSPS) is 12.8. The maximum atomic E-state index is 12.1. The zero-order chi connectivity index (χ0) is 17.5. The van der Waals surface area contributed by atoms with Crippen molar-refractivity contribution in [3.63, 3.8) is 0 Å². The highest BCUT2D eigenvalue weighted by Gasteiger charge is 2.26. The molecule has 0 fully saturated rings. The molecule has 126 valence electrons. The van der Waals surface area contributed by atoms with Gasteiger partial charge in [-0.3, -0.25) is 0 Å². The molecule has 0 radical (unpaired) electrons. The fourth-order valence-corrected chi connectivity index (χ4v) is 4.62. The van der Waals surface area contributed by atoms with Crippen molar-refractivity contribution in [2.24, 2.45) is 0 Å². The van der Waals surface area contributed by atoms with Crippen LogP contribution >= 0.6 is 0 Å². The van der Waals surface area contributed by atoms with Crippen molar-refractivity contribution in [3.05, 3.63) is 41.0 Å². The number of rotatable bonds is 4. The lowest BCUT2D eigenvalue weighted by Gasteiger charge is -2.29. The average molecular weight is 333 g/mol. The van der Waals surface area contributed by atoms with Crippen LogP contribution in [0, 0.1) is 0 Å². The zero-order valence-corrected chi connectivity index (χ0v) is 15.5. The van der Waals surface area contributed by atoms with Gasteiger partial charge in [0, 0.05) is 0 Å². The Morgan fingerprint density at radius 2 is 1.17 bits per heavy atom. The highest BCUT2D eigenvalue weighted by atomic mass is 32.2. The van der Waals surface area contributed by atoms with Gasteiger partial charge in [0.2, 0.25) is 0 Å². The van der Waals surface area contributed by atoms with Gasteiger partial charge in [-0.1, -0.05) is 65.8 Å². The Hall–Kier alpha value is -1.39. The van der Waals surface area contributed by atoms with Gasteiger partial charge in [0.15, 0.2) is 0 Å². The molecular formula is C19H25O3S-. The molecule has 2 rings (SSSR count). The summed E-state index contributed by atoms with van der Waals surface area (Å²) in [4.78, 5) is -0.0313. The van der Waals surface area contributed by atoms with Gasteiger partial charge in [0.1, 0.15) is 10.1 Å². The van der Waals surface area contributed by atoms with Crippen molar-refractivity contribution in [3.8, 4) is 0 Å². The first-order chi connectivity index (χ1) is 10.6. The van der Waals surface area contributed by atoms with Gasteiger partial charge in [-0.05, 0) is 45.2 Å². The summed E-state index contributed by atoms with van der Waals surface area (Å²) in [6.07, 6.45) is 0. The lowest BCUT2D eigenvalue weighted by molar-refractivity contribution is 0.462. The number of hydrogen-bond donors (Lipinski definition) is 0. The Labute approximate surface area is 139 Å². The molecule has 0 amide bonds. The summed E-state index contributed by atoms with van der Waals surface area (Å²) in [6, 6.07) is 7.37. The predicted molar refractivity (Wildman–Crippen MR) is 94.2 cm³/mol. The van der Waals surface area contributed by atoms with Crippen LogP contribution in [0.1, 0.15) is 76.0 Å². The van der Waals surface area contributed by atoms with Crippen LogP contribution in [0.25, 0.3) is 10.8 Å². The van der Waals surface area contributed by atoms with Gasteiger partial charge >= 0.3 is 0 Å². The van der Waals surface area contributed by atoms with E-state index in [2.05, 4.69) is 27.7 Å². The quantitative estimate of drug-likeness (QED) is 0.730. The van der Waals surface area contributed by atoms with Crippen LogP contribution in [0.5, 0.6) is 0 Å². The van der Waals surface area contributed by atoms with E-state index in [-0.39, 0.29) is 22.6 Å². The third-order valence-corrected chi connectivity index (χ3v) is 5.21. The first-order valence-electron chi connectivity index (χ1n) is 8.11. The molecule has 0 aliphatic rings. The third kappa shape index (κ3) is 3.15. The molecule has 4 heteroatoms. The monoisotopic (exact) mass is 333 g/mol. The molecule has 2 aromatic rings. The molecule has 0 saturated carbocycles. The summed E-state index contributed by atoms with van der Waals surface area (Å²) >= 11 is 0. The molecule has 0 aromatic heterocycles. The Kier molecular flexibility index (Phi) is 4.88. The van der Waals surface area contributed by atoms with Crippen molar-refractivity contribution in [2.75, 3.05) is 0 Å². The van der Waals surface area contributed by atoms with Crippen molar-refractivity contribution in [1.82, 2.24) is 0 Å². The Morgan fingerprint density at radius 1 is 0.739 bits per heavy atom. The largest absolute Gasteiger partial charge is 0.744 e. The molecule has 0 atom stereocenters. The third-order valence-electron chi connectivity index (χ3n) is 4.27. The summed E-state index contributed by atoms with van der Waals surface area (Å²) in [7, 11) is -4.55. The Balaban J connectivity index is 3.23. The summed E-state index contributed by atoms with van der Waals surface area (Å²) in [5, 5.41) is 1.43.